The van der Waals surface area contributed by atoms with Gasteiger partial charge in [0.25, 0.3) is 5.69 Å². The fourth-order valence-corrected chi connectivity index (χ4v) is 3.03. The van der Waals surface area contributed by atoms with Crippen molar-refractivity contribution in [2.45, 2.75) is 33.3 Å². The van der Waals surface area contributed by atoms with E-state index in [1.54, 1.807) is 19.1 Å². The number of nitrogens with zero attached hydrogens (tertiary/aromatic N) is 2. The van der Waals surface area contributed by atoms with Gasteiger partial charge in [-0.1, -0.05) is 19.9 Å². The third kappa shape index (κ3) is 4.29. The lowest BCUT2D eigenvalue weighted by atomic mass is 10.1. The van der Waals surface area contributed by atoms with Crippen LogP contribution in [-0.2, 0) is 11.3 Å². The van der Waals surface area contributed by atoms with Crippen LogP contribution in [0.2, 0.25) is 0 Å². The number of hydrogen-bond acceptors (Lipinski definition) is 7. The Labute approximate surface area is 143 Å². The normalized spacial score (nSPS) is 10.7. The van der Waals surface area contributed by atoms with Gasteiger partial charge in [0, 0.05) is 6.07 Å². The molecule has 0 amide bonds. The van der Waals surface area contributed by atoms with E-state index in [1.165, 1.54) is 23.5 Å². The summed E-state index contributed by atoms with van der Waals surface area (Å²) in [6.07, 6.45) is 0. The number of non-ortho nitro benzene ring substituents is 1. The minimum Gasteiger partial charge on any atom is -0.486 e. The summed E-state index contributed by atoms with van der Waals surface area (Å²) in [6.45, 7) is 6.07. The summed E-state index contributed by atoms with van der Waals surface area (Å²) in [4.78, 5) is 27.2. The van der Waals surface area contributed by atoms with E-state index >= 15 is 0 Å². The Balaban J connectivity index is 2.15. The largest absolute Gasteiger partial charge is 0.486 e. The maximum Gasteiger partial charge on any atom is 0.350 e. The van der Waals surface area contributed by atoms with Crippen LogP contribution in [0.3, 0.4) is 0 Å². The Bertz CT molecular complexity index is 742. The first-order chi connectivity index (χ1) is 11.4. The number of benzene rings is 1. The first-order valence-corrected chi connectivity index (χ1v) is 8.28. The topological polar surface area (TPSA) is 91.6 Å². The number of aromatic nitrogens is 1. The van der Waals surface area contributed by atoms with E-state index in [4.69, 9.17) is 9.47 Å². The lowest BCUT2D eigenvalue weighted by Gasteiger charge is -2.04. The molecule has 0 fully saturated rings. The number of thiazole rings is 1. The molecule has 1 aromatic heterocycles. The van der Waals surface area contributed by atoms with Crippen molar-refractivity contribution in [2.75, 3.05) is 6.61 Å². The zero-order valence-corrected chi connectivity index (χ0v) is 14.5. The number of carbonyl (C=O) groups is 1. The third-order valence-electron chi connectivity index (χ3n) is 3.10. The second-order valence-corrected chi connectivity index (χ2v) is 6.32. The fraction of sp³-hybridized carbons (Fsp3) is 0.375. The lowest BCUT2D eigenvalue weighted by Crippen LogP contribution is -2.06. The Hall–Kier alpha value is -2.48. The number of esters is 1. The molecule has 0 N–H and O–H groups in total. The van der Waals surface area contributed by atoms with Gasteiger partial charge in [-0.25, -0.2) is 9.78 Å². The molecule has 1 aromatic carbocycles. The molecule has 24 heavy (non-hydrogen) atoms. The number of rotatable bonds is 7. The van der Waals surface area contributed by atoms with Crippen molar-refractivity contribution < 1.29 is 19.2 Å². The molecular formula is C16H18N2O5S. The second-order valence-electron chi connectivity index (χ2n) is 5.24. The molecule has 0 saturated heterocycles. The average Bonchev–Trinajstić information content (AvgIpc) is 2.98. The highest BCUT2D eigenvalue weighted by molar-refractivity contribution is 7.13. The van der Waals surface area contributed by atoms with Gasteiger partial charge in [-0.05, 0) is 18.9 Å². The first kappa shape index (κ1) is 17.9. The minimum atomic E-state index is -0.480. The van der Waals surface area contributed by atoms with Gasteiger partial charge in [-0.2, -0.15) is 0 Å². The quantitative estimate of drug-likeness (QED) is 0.427. The highest BCUT2D eigenvalue weighted by Gasteiger charge is 2.21. The van der Waals surface area contributed by atoms with E-state index in [2.05, 4.69) is 4.98 Å². The summed E-state index contributed by atoms with van der Waals surface area (Å²) in [5.74, 6) is 0.0655. The smallest absolute Gasteiger partial charge is 0.350 e. The fourth-order valence-electron chi connectivity index (χ4n) is 2.01. The van der Waals surface area contributed by atoms with Crippen molar-refractivity contribution in [1.82, 2.24) is 4.98 Å². The summed E-state index contributed by atoms with van der Waals surface area (Å²) < 4.78 is 10.6. The molecule has 0 saturated carbocycles. The summed E-state index contributed by atoms with van der Waals surface area (Å²) in [5.41, 5.74) is 0.637. The molecule has 0 bridgehead atoms. The summed E-state index contributed by atoms with van der Waals surface area (Å²) >= 11 is 1.22. The van der Waals surface area contributed by atoms with Gasteiger partial charge in [-0.3, -0.25) is 10.1 Å². The zero-order valence-electron chi connectivity index (χ0n) is 13.6. The standard InChI is InChI=1S/C16H18N2O5S/c1-4-22-16(19)15-14(10(2)3)17-13(24-15)9-23-12-7-5-6-11(8-12)18(20)21/h5-8,10H,4,9H2,1-3H3. The molecule has 0 aliphatic carbocycles. The van der Waals surface area contributed by atoms with Crippen molar-refractivity contribution in [2.24, 2.45) is 0 Å². The third-order valence-corrected chi connectivity index (χ3v) is 4.12. The highest BCUT2D eigenvalue weighted by Crippen LogP contribution is 2.27. The minimum absolute atomic E-state index is 0.0401. The molecule has 0 spiro atoms. The van der Waals surface area contributed by atoms with E-state index in [-0.39, 0.29) is 24.2 Å². The van der Waals surface area contributed by atoms with Crippen molar-refractivity contribution in [1.29, 1.82) is 0 Å². The monoisotopic (exact) mass is 350 g/mol. The lowest BCUT2D eigenvalue weighted by molar-refractivity contribution is -0.384. The van der Waals surface area contributed by atoms with Gasteiger partial charge < -0.3 is 9.47 Å². The van der Waals surface area contributed by atoms with E-state index in [0.29, 0.717) is 27.9 Å². The molecule has 0 atom stereocenters. The van der Waals surface area contributed by atoms with E-state index < -0.39 is 4.92 Å². The number of nitro benzene ring substituents is 1. The molecule has 128 valence electrons. The van der Waals surface area contributed by atoms with Crippen molar-refractivity contribution in [3.8, 4) is 5.75 Å². The highest BCUT2D eigenvalue weighted by atomic mass is 32.1. The van der Waals surface area contributed by atoms with Gasteiger partial charge in [0.15, 0.2) is 0 Å². The van der Waals surface area contributed by atoms with E-state index in [0.717, 1.165) is 0 Å². The van der Waals surface area contributed by atoms with Crippen LogP contribution in [0, 0.1) is 10.1 Å². The molecule has 1 heterocycles. The summed E-state index contributed by atoms with van der Waals surface area (Å²) in [7, 11) is 0. The molecule has 0 aliphatic rings. The molecule has 2 aromatic rings. The Morgan fingerprint density at radius 2 is 2.17 bits per heavy atom. The number of hydrogen-bond donors (Lipinski definition) is 0. The number of ether oxygens (including phenoxy) is 2. The molecule has 8 heteroatoms. The van der Waals surface area contributed by atoms with E-state index in [9.17, 15) is 14.9 Å². The predicted molar refractivity (Wildman–Crippen MR) is 89.6 cm³/mol. The SMILES string of the molecule is CCOC(=O)c1sc(COc2cccc([N+](=O)[O-])c2)nc1C(C)C. The summed E-state index contributed by atoms with van der Waals surface area (Å²) in [6, 6.07) is 5.93. The predicted octanol–water partition coefficient (Wildman–Crippen LogP) is 3.93. The van der Waals surface area contributed by atoms with Crippen LogP contribution in [0.1, 0.15) is 47.1 Å². The van der Waals surface area contributed by atoms with Crippen molar-refractivity contribution in [3.05, 3.63) is 50.0 Å². The van der Waals surface area contributed by atoms with Crippen molar-refractivity contribution in [3.63, 3.8) is 0 Å². The number of carbonyl (C=O) groups excluding carboxylic acids is 1. The Kier molecular flexibility index (Phi) is 5.86. The Morgan fingerprint density at radius 3 is 2.79 bits per heavy atom. The van der Waals surface area contributed by atoms with Crippen LogP contribution < -0.4 is 4.74 Å². The van der Waals surface area contributed by atoms with Gasteiger partial charge >= 0.3 is 5.97 Å². The van der Waals surface area contributed by atoms with Crippen molar-refractivity contribution >= 4 is 23.0 Å². The zero-order chi connectivity index (χ0) is 17.7. The molecule has 0 unspecified atom stereocenters. The van der Waals surface area contributed by atoms with Gasteiger partial charge in [0.1, 0.15) is 22.2 Å². The first-order valence-electron chi connectivity index (χ1n) is 7.46. The van der Waals surface area contributed by atoms with Crippen LogP contribution in [0.25, 0.3) is 0 Å². The maximum absolute atomic E-state index is 12.0. The van der Waals surface area contributed by atoms with Gasteiger partial charge in [0.05, 0.1) is 23.3 Å². The molecular weight excluding hydrogens is 332 g/mol. The van der Waals surface area contributed by atoms with Crippen LogP contribution in [0.5, 0.6) is 5.75 Å². The molecule has 7 nitrogen and oxygen atoms in total. The van der Waals surface area contributed by atoms with Crippen LogP contribution in [0.4, 0.5) is 5.69 Å². The maximum atomic E-state index is 12.0. The molecule has 0 radical (unpaired) electrons. The molecule has 2 rings (SSSR count). The van der Waals surface area contributed by atoms with Crippen LogP contribution in [0.15, 0.2) is 24.3 Å². The summed E-state index contributed by atoms with van der Waals surface area (Å²) in [5, 5.41) is 11.4. The van der Waals surface area contributed by atoms with Gasteiger partial charge in [-0.15, -0.1) is 11.3 Å². The van der Waals surface area contributed by atoms with Crippen LogP contribution >= 0.6 is 11.3 Å². The number of nitro groups is 1. The Morgan fingerprint density at radius 1 is 1.42 bits per heavy atom. The van der Waals surface area contributed by atoms with Crippen LogP contribution in [-0.4, -0.2) is 22.5 Å². The molecule has 0 aliphatic heterocycles. The second kappa shape index (κ2) is 7.87. The van der Waals surface area contributed by atoms with E-state index in [1.807, 2.05) is 13.8 Å². The van der Waals surface area contributed by atoms with Gasteiger partial charge in [0.2, 0.25) is 0 Å². The average molecular weight is 350 g/mol.